The maximum atomic E-state index is 11.6. The van der Waals surface area contributed by atoms with Crippen molar-refractivity contribution in [3.05, 3.63) is 35.9 Å². The summed E-state index contributed by atoms with van der Waals surface area (Å²) in [5.41, 5.74) is 0.806. The number of methoxy groups -OCH3 is 1. The highest BCUT2D eigenvalue weighted by Crippen LogP contribution is 2.15. The van der Waals surface area contributed by atoms with Crippen LogP contribution in [-0.4, -0.2) is 36.3 Å². The molecular weight excluding hydrogens is 297 g/mol. The van der Waals surface area contributed by atoms with Crippen molar-refractivity contribution in [2.75, 3.05) is 13.3 Å². The third-order valence-electron chi connectivity index (χ3n) is 2.60. The van der Waals surface area contributed by atoms with E-state index < -0.39 is 26.1 Å². The maximum Gasteiger partial charge on any atom is 0.505 e. The number of esters is 1. The van der Waals surface area contributed by atoms with E-state index in [0.29, 0.717) is 0 Å². The summed E-state index contributed by atoms with van der Waals surface area (Å²) < 4.78 is 20.2. The molecule has 0 saturated carbocycles. The van der Waals surface area contributed by atoms with Crippen LogP contribution in [0, 0.1) is 0 Å². The van der Waals surface area contributed by atoms with Gasteiger partial charge in [0.05, 0.1) is 7.11 Å². The van der Waals surface area contributed by atoms with Crippen molar-refractivity contribution in [2.45, 2.75) is 19.1 Å². The zero-order valence-corrected chi connectivity index (χ0v) is 12.4. The molecule has 1 amide bonds. The first-order valence-electron chi connectivity index (χ1n) is 6.21. The first-order valence-corrected chi connectivity index (χ1v) is 7.61. The van der Waals surface area contributed by atoms with Crippen LogP contribution in [0.3, 0.4) is 0 Å². The number of ether oxygens (including phenoxy) is 2. The van der Waals surface area contributed by atoms with Crippen LogP contribution in [0.5, 0.6) is 0 Å². The molecule has 21 heavy (non-hydrogen) atoms. The molecule has 1 aromatic rings. The predicted molar refractivity (Wildman–Crippen MR) is 74.9 cm³/mol. The van der Waals surface area contributed by atoms with E-state index in [1.165, 1.54) is 7.11 Å². The third-order valence-corrected chi connectivity index (χ3v) is 3.24. The minimum atomic E-state index is -2.38. The summed E-state index contributed by atoms with van der Waals surface area (Å²) in [7, 11) is -1.21. The van der Waals surface area contributed by atoms with Crippen LogP contribution >= 0.6 is 8.03 Å². The quantitative estimate of drug-likeness (QED) is 0.585. The summed E-state index contributed by atoms with van der Waals surface area (Å²) in [6.45, 7) is 0.0643. The molecule has 0 fully saturated rings. The molecule has 0 bridgehead atoms. The second-order valence-corrected chi connectivity index (χ2v) is 5.30. The molecule has 114 valence electrons. The Bertz CT molecular complexity index is 493. The molecule has 2 N–H and O–H groups in total. The van der Waals surface area contributed by atoms with Gasteiger partial charge >= 0.3 is 20.1 Å². The lowest BCUT2D eigenvalue weighted by Crippen LogP contribution is -2.42. The highest BCUT2D eigenvalue weighted by atomic mass is 31.1. The van der Waals surface area contributed by atoms with Gasteiger partial charge in [0, 0.05) is 6.42 Å². The number of nitrogens with one attached hydrogen (secondary N) is 1. The van der Waals surface area contributed by atoms with Crippen LogP contribution in [0.2, 0.25) is 0 Å². The largest absolute Gasteiger partial charge is 0.505 e. The second kappa shape index (κ2) is 9.05. The summed E-state index contributed by atoms with van der Waals surface area (Å²) >= 11 is 0. The van der Waals surface area contributed by atoms with Crippen molar-refractivity contribution < 1.29 is 28.5 Å². The molecular formula is C13H17NO6P+. The monoisotopic (exact) mass is 314 g/mol. The number of amides is 1. The molecule has 0 aliphatic carbocycles. The summed E-state index contributed by atoms with van der Waals surface area (Å²) in [4.78, 5) is 31.8. The van der Waals surface area contributed by atoms with Crippen molar-refractivity contribution in [2.24, 2.45) is 0 Å². The first-order chi connectivity index (χ1) is 10.0. The van der Waals surface area contributed by atoms with Crippen molar-refractivity contribution in [1.82, 2.24) is 5.32 Å². The Kier molecular flexibility index (Phi) is 7.36. The van der Waals surface area contributed by atoms with Gasteiger partial charge in [-0.1, -0.05) is 30.3 Å². The van der Waals surface area contributed by atoms with Crippen LogP contribution in [0.1, 0.15) is 12.0 Å². The van der Waals surface area contributed by atoms with Gasteiger partial charge in [-0.05, 0) is 10.1 Å². The van der Waals surface area contributed by atoms with E-state index in [1.807, 2.05) is 18.2 Å². The van der Waals surface area contributed by atoms with E-state index in [1.54, 1.807) is 12.1 Å². The molecule has 0 radical (unpaired) electrons. The molecule has 0 aliphatic rings. The van der Waals surface area contributed by atoms with E-state index in [2.05, 4.69) is 10.1 Å². The lowest BCUT2D eigenvalue weighted by Gasteiger charge is -2.14. The summed E-state index contributed by atoms with van der Waals surface area (Å²) in [6.07, 6.45) is -0.908. The Hall–Kier alpha value is -1.98. The van der Waals surface area contributed by atoms with Crippen LogP contribution in [0.4, 0.5) is 4.79 Å². The van der Waals surface area contributed by atoms with Crippen molar-refractivity contribution in [1.29, 1.82) is 0 Å². The van der Waals surface area contributed by atoms with E-state index in [9.17, 15) is 14.2 Å². The van der Waals surface area contributed by atoms with Crippen LogP contribution in [-0.2, 0) is 25.4 Å². The third kappa shape index (κ3) is 6.83. The average molecular weight is 314 g/mol. The first kappa shape index (κ1) is 17.1. The van der Waals surface area contributed by atoms with Gasteiger partial charge < -0.3 is 14.8 Å². The smallest absolute Gasteiger partial charge is 0.467 e. The molecule has 1 unspecified atom stereocenters. The van der Waals surface area contributed by atoms with Gasteiger partial charge in [0.25, 0.3) is 0 Å². The average Bonchev–Trinajstić information content (AvgIpc) is 2.49. The van der Waals surface area contributed by atoms with Crippen LogP contribution < -0.4 is 5.32 Å². The van der Waals surface area contributed by atoms with Gasteiger partial charge in [0.15, 0.2) is 6.16 Å². The topological polar surface area (TPSA) is 102 Å². The fourth-order valence-corrected chi connectivity index (χ4v) is 2.02. The number of carbonyl (C=O) groups excluding carboxylic acids is 2. The molecule has 0 aromatic heterocycles. The predicted octanol–water partition coefficient (Wildman–Crippen LogP) is 1.58. The van der Waals surface area contributed by atoms with Gasteiger partial charge in [-0.3, -0.25) is 0 Å². The van der Waals surface area contributed by atoms with Crippen molar-refractivity contribution in [3.8, 4) is 0 Å². The van der Waals surface area contributed by atoms with Gasteiger partial charge in [-0.2, -0.15) is 4.89 Å². The normalized spacial score (nSPS) is 12.2. The van der Waals surface area contributed by atoms with Gasteiger partial charge in [0.1, 0.15) is 12.6 Å². The second-order valence-electron chi connectivity index (χ2n) is 4.15. The number of hydrogen-bond donors (Lipinski definition) is 2. The Morgan fingerprint density at radius 3 is 2.57 bits per heavy atom. The summed E-state index contributed by atoms with van der Waals surface area (Å²) in [5, 5.41) is 2.32. The maximum absolute atomic E-state index is 11.6. The zero-order chi connectivity index (χ0) is 15.7. The molecule has 1 aromatic carbocycles. The molecule has 0 heterocycles. The van der Waals surface area contributed by atoms with Gasteiger partial charge in [0.2, 0.25) is 0 Å². The Morgan fingerprint density at radius 2 is 2.00 bits per heavy atom. The van der Waals surface area contributed by atoms with Crippen LogP contribution in [0.15, 0.2) is 30.3 Å². The van der Waals surface area contributed by atoms with E-state index in [0.717, 1.165) is 5.56 Å². The Morgan fingerprint density at radius 1 is 1.33 bits per heavy atom. The standard InChI is InChI=1S/C13H16NO6P/c1-19-12(15)11(7-8-21(17)18)14-13(16)20-9-10-5-3-2-4-6-10/h2-6,11H,7-9H2,1H3,(H-,14,16,17,18)/p+1/t11-/m1/s1. The fourth-order valence-electron chi connectivity index (χ4n) is 1.54. The number of benzene rings is 1. The van der Waals surface area contributed by atoms with Crippen LogP contribution in [0.25, 0.3) is 0 Å². The lowest BCUT2D eigenvalue weighted by molar-refractivity contribution is -0.143. The van der Waals surface area contributed by atoms with E-state index in [-0.39, 0.29) is 19.2 Å². The van der Waals surface area contributed by atoms with Gasteiger partial charge in [-0.25, -0.2) is 9.59 Å². The molecule has 7 nitrogen and oxygen atoms in total. The Labute approximate surface area is 123 Å². The molecule has 2 atom stereocenters. The number of carbonyl (C=O) groups is 2. The van der Waals surface area contributed by atoms with E-state index in [4.69, 9.17) is 9.63 Å². The fraction of sp³-hybridized carbons (Fsp3) is 0.385. The molecule has 0 spiro atoms. The molecule has 8 heteroatoms. The highest BCUT2D eigenvalue weighted by Gasteiger charge is 2.26. The van der Waals surface area contributed by atoms with E-state index >= 15 is 0 Å². The Balaban J connectivity index is 2.47. The number of hydrogen-bond acceptors (Lipinski definition) is 5. The van der Waals surface area contributed by atoms with Crippen molar-refractivity contribution >= 4 is 20.1 Å². The van der Waals surface area contributed by atoms with Crippen molar-refractivity contribution in [3.63, 3.8) is 0 Å². The lowest BCUT2D eigenvalue weighted by atomic mass is 10.2. The minimum Gasteiger partial charge on any atom is -0.467 e. The molecule has 0 aliphatic heterocycles. The number of alkyl carbamates (subject to hydrolysis) is 1. The zero-order valence-electron chi connectivity index (χ0n) is 11.5. The summed E-state index contributed by atoms with van der Waals surface area (Å²) in [5.74, 6) is -0.691. The highest BCUT2D eigenvalue weighted by molar-refractivity contribution is 7.37. The minimum absolute atomic E-state index is 0.00118. The summed E-state index contributed by atoms with van der Waals surface area (Å²) in [6, 6.07) is 8.04. The molecule has 1 rings (SSSR count). The molecule has 0 saturated heterocycles. The SMILES string of the molecule is COC(=O)[C@@H](CC[P+](=O)O)NC(=O)OCc1ccccc1. The van der Waals surface area contributed by atoms with Gasteiger partial charge in [-0.15, -0.1) is 0 Å². The number of rotatable bonds is 7.